The Bertz CT molecular complexity index is 1240. The Labute approximate surface area is 178 Å². The fourth-order valence-electron chi connectivity index (χ4n) is 4.73. The predicted molar refractivity (Wildman–Crippen MR) is 113 cm³/mol. The number of amides is 1. The number of hydrogen-bond donors (Lipinski definition) is 1. The summed E-state index contributed by atoms with van der Waals surface area (Å²) in [6.45, 7) is 2.28. The van der Waals surface area contributed by atoms with Crippen molar-refractivity contribution in [3.63, 3.8) is 0 Å². The number of ether oxygens (including phenoxy) is 2. The molecule has 0 radical (unpaired) electrons. The Morgan fingerprint density at radius 3 is 2.68 bits per heavy atom. The van der Waals surface area contributed by atoms with Gasteiger partial charge in [0.15, 0.2) is 0 Å². The van der Waals surface area contributed by atoms with E-state index < -0.39 is 16.9 Å². The standard InChI is InChI=1S/C23H23N3O5/c1-12-10-16-17(20(27)25(12)2)23(18(19(24)31-16)21(28)30-3)14-6-4-5-7-15(14)26(22(23)29)11-13-8-9-13/h4-7,10,13H,8-9,11,24H2,1-3H3. The molecule has 1 spiro atoms. The molecule has 160 valence electrons. The van der Waals surface area contributed by atoms with Crippen molar-refractivity contribution in [2.45, 2.75) is 25.2 Å². The molecule has 5 rings (SSSR count). The van der Waals surface area contributed by atoms with Gasteiger partial charge in [-0.3, -0.25) is 9.59 Å². The van der Waals surface area contributed by atoms with Crippen LogP contribution in [0.3, 0.4) is 0 Å². The van der Waals surface area contributed by atoms with Crippen LogP contribution in [0.25, 0.3) is 0 Å². The van der Waals surface area contributed by atoms with Gasteiger partial charge in [0.1, 0.15) is 16.7 Å². The molecule has 1 unspecified atom stereocenters. The molecule has 1 aromatic carbocycles. The molecule has 1 saturated carbocycles. The molecular formula is C23H23N3O5. The zero-order valence-electron chi connectivity index (χ0n) is 17.6. The van der Waals surface area contributed by atoms with E-state index in [1.165, 1.54) is 11.7 Å². The fraction of sp³-hybridized carbons (Fsp3) is 0.348. The molecule has 1 aromatic heterocycles. The number of nitrogens with two attached hydrogens (primary N) is 1. The van der Waals surface area contributed by atoms with Crippen LogP contribution in [0.15, 0.2) is 46.6 Å². The molecule has 1 atom stereocenters. The maximum atomic E-state index is 14.2. The molecule has 8 nitrogen and oxygen atoms in total. The number of hydrogen-bond acceptors (Lipinski definition) is 6. The van der Waals surface area contributed by atoms with Gasteiger partial charge in [-0.2, -0.15) is 0 Å². The third-order valence-corrected chi connectivity index (χ3v) is 6.54. The lowest BCUT2D eigenvalue weighted by Crippen LogP contribution is -2.52. The van der Waals surface area contributed by atoms with Crippen molar-refractivity contribution >= 4 is 17.6 Å². The second-order valence-corrected chi connectivity index (χ2v) is 8.35. The fourth-order valence-corrected chi connectivity index (χ4v) is 4.73. The number of anilines is 1. The molecular weight excluding hydrogens is 398 g/mol. The van der Waals surface area contributed by atoms with E-state index >= 15 is 0 Å². The van der Waals surface area contributed by atoms with E-state index in [2.05, 4.69) is 0 Å². The Hall–Kier alpha value is -3.55. The summed E-state index contributed by atoms with van der Waals surface area (Å²) in [7, 11) is 2.84. The molecule has 1 amide bonds. The number of esters is 1. The monoisotopic (exact) mass is 421 g/mol. The van der Waals surface area contributed by atoms with Gasteiger partial charge in [0, 0.05) is 36.6 Å². The zero-order valence-corrected chi connectivity index (χ0v) is 17.6. The number of aryl methyl sites for hydroxylation is 1. The smallest absolute Gasteiger partial charge is 0.340 e. The normalized spacial score (nSPS) is 21.8. The number of aromatic nitrogens is 1. The third kappa shape index (κ3) is 2.44. The summed E-state index contributed by atoms with van der Waals surface area (Å²) in [4.78, 5) is 42.4. The maximum Gasteiger partial charge on any atom is 0.340 e. The summed E-state index contributed by atoms with van der Waals surface area (Å²) in [6.07, 6.45) is 2.09. The predicted octanol–water partition coefficient (Wildman–Crippen LogP) is 1.47. The summed E-state index contributed by atoms with van der Waals surface area (Å²) in [5, 5.41) is 0. The van der Waals surface area contributed by atoms with Crippen molar-refractivity contribution in [1.82, 2.24) is 4.57 Å². The van der Waals surface area contributed by atoms with Crippen LogP contribution < -0.4 is 20.9 Å². The number of fused-ring (bicyclic) bond motifs is 4. The van der Waals surface area contributed by atoms with Crippen LogP contribution in [0.2, 0.25) is 0 Å². The molecule has 3 heterocycles. The highest BCUT2D eigenvalue weighted by Crippen LogP contribution is 2.55. The average molecular weight is 421 g/mol. The molecule has 1 aliphatic carbocycles. The summed E-state index contributed by atoms with van der Waals surface area (Å²) >= 11 is 0. The first-order valence-electron chi connectivity index (χ1n) is 10.2. The van der Waals surface area contributed by atoms with Gasteiger partial charge in [-0.05, 0) is 31.7 Å². The van der Waals surface area contributed by atoms with E-state index in [-0.39, 0.29) is 28.7 Å². The summed E-state index contributed by atoms with van der Waals surface area (Å²) < 4.78 is 12.2. The van der Waals surface area contributed by atoms with Crippen LogP contribution in [-0.2, 0) is 26.8 Å². The van der Waals surface area contributed by atoms with E-state index in [0.717, 1.165) is 12.8 Å². The van der Waals surface area contributed by atoms with Gasteiger partial charge >= 0.3 is 5.97 Å². The van der Waals surface area contributed by atoms with Crippen molar-refractivity contribution in [3.8, 4) is 5.75 Å². The number of methoxy groups -OCH3 is 1. The van der Waals surface area contributed by atoms with Crippen LogP contribution in [-0.4, -0.2) is 30.1 Å². The van der Waals surface area contributed by atoms with E-state index in [4.69, 9.17) is 15.2 Å². The lowest BCUT2D eigenvalue weighted by molar-refractivity contribution is -0.138. The Balaban J connectivity index is 1.91. The summed E-state index contributed by atoms with van der Waals surface area (Å²) in [5.74, 6) is -0.836. The molecule has 2 aliphatic heterocycles. The Morgan fingerprint density at radius 2 is 2.00 bits per heavy atom. The molecule has 2 N–H and O–H groups in total. The van der Waals surface area contributed by atoms with Gasteiger partial charge < -0.3 is 24.7 Å². The molecule has 8 heteroatoms. The Morgan fingerprint density at radius 1 is 1.29 bits per heavy atom. The zero-order chi connectivity index (χ0) is 22.1. The molecule has 0 bridgehead atoms. The van der Waals surface area contributed by atoms with Crippen LogP contribution >= 0.6 is 0 Å². The minimum atomic E-state index is -1.72. The number of para-hydroxylation sites is 1. The number of pyridine rings is 1. The molecule has 2 aromatic rings. The van der Waals surface area contributed by atoms with Crippen LogP contribution in [0.1, 0.15) is 29.7 Å². The highest BCUT2D eigenvalue weighted by atomic mass is 16.5. The number of carbonyl (C=O) groups excluding carboxylic acids is 2. The first kappa shape index (κ1) is 19.4. The highest BCUT2D eigenvalue weighted by Gasteiger charge is 2.62. The van der Waals surface area contributed by atoms with Gasteiger partial charge in [-0.1, -0.05) is 18.2 Å². The quantitative estimate of drug-likeness (QED) is 0.753. The van der Waals surface area contributed by atoms with Gasteiger partial charge in [-0.25, -0.2) is 4.79 Å². The van der Waals surface area contributed by atoms with Crippen molar-refractivity contribution < 1.29 is 19.1 Å². The van der Waals surface area contributed by atoms with Crippen molar-refractivity contribution in [1.29, 1.82) is 0 Å². The van der Waals surface area contributed by atoms with E-state index in [1.54, 1.807) is 37.1 Å². The average Bonchev–Trinajstić information content (AvgIpc) is 3.54. The van der Waals surface area contributed by atoms with Crippen molar-refractivity contribution in [2.75, 3.05) is 18.6 Å². The largest absolute Gasteiger partial charge is 0.465 e. The highest BCUT2D eigenvalue weighted by molar-refractivity contribution is 6.18. The number of carbonyl (C=O) groups is 2. The van der Waals surface area contributed by atoms with E-state index in [9.17, 15) is 14.4 Å². The second kappa shape index (κ2) is 6.47. The summed E-state index contributed by atoms with van der Waals surface area (Å²) in [5.41, 5.74) is 5.86. The van der Waals surface area contributed by atoms with E-state index in [0.29, 0.717) is 29.4 Å². The minimum Gasteiger partial charge on any atom is -0.465 e. The van der Waals surface area contributed by atoms with Gasteiger partial charge in [0.25, 0.3) is 5.56 Å². The third-order valence-electron chi connectivity index (χ3n) is 6.54. The van der Waals surface area contributed by atoms with Gasteiger partial charge in [0.05, 0.1) is 12.7 Å². The minimum absolute atomic E-state index is 0.0888. The Kier molecular flexibility index (Phi) is 4.05. The summed E-state index contributed by atoms with van der Waals surface area (Å²) in [6, 6.07) is 8.89. The SMILES string of the molecule is COC(=O)C1=C(N)Oc2cc(C)n(C)c(=O)c2C12C(=O)N(CC1CC1)c1ccccc12. The van der Waals surface area contributed by atoms with Gasteiger partial charge in [0.2, 0.25) is 11.8 Å². The number of benzene rings is 1. The van der Waals surface area contributed by atoms with Crippen molar-refractivity contribution in [3.05, 3.63) is 69.0 Å². The van der Waals surface area contributed by atoms with E-state index in [1.807, 2.05) is 12.1 Å². The number of rotatable bonds is 3. The molecule has 1 fully saturated rings. The molecule has 0 saturated heterocycles. The first-order chi connectivity index (χ1) is 14.8. The second-order valence-electron chi connectivity index (χ2n) is 8.35. The topological polar surface area (TPSA) is 104 Å². The lowest BCUT2D eigenvalue weighted by atomic mass is 9.68. The molecule has 31 heavy (non-hydrogen) atoms. The first-order valence-corrected chi connectivity index (χ1v) is 10.2. The van der Waals surface area contributed by atoms with Gasteiger partial charge in [-0.15, -0.1) is 0 Å². The molecule has 3 aliphatic rings. The lowest BCUT2D eigenvalue weighted by Gasteiger charge is -2.35. The maximum absolute atomic E-state index is 14.2. The van der Waals surface area contributed by atoms with Crippen LogP contribution in [0, 0.1) is 12.8 Å². The van der Waals surface area contributed by atoms with Crippen molar-refractivity contribution in [2.24, 2.45) is 18.7 Å². The van der Waals surface area contributed by atoms with Crippen LogP contribution in [0.4, 0.5) is 5.69 Å². The number of nitrogens with zero attached hydrogens (tertiary/aromatic N) is 2. The van der Waals surface area contributed by atoms with Crippen LogP contribution in [0.5, 0.6) is 5.75 Å².